The molecule has 0 aromatic heterocycles. The fourth-order valence-corrected chi connectivity index (χ4v) is 3.01. The van der Waals surface area contributed by atoms with Crippen molar-refractivity contribution in [3.05, 3.63) is 28.8 Å². The molecule has 1 aromatic carbocycles. The number of rotatable bonds is 4. The van der Waals surface area contributed by atoms with Crippen molar-refractivity contribution in [2.75, 3.05) is 31.6 Å². The molecule has 0 saturated carbocycles. The van der Waals surface area contributed by atoms with Crippen molar-refractivity contribution in [3.8, 4) is 0 Å². The highest BCUT2D eigenvalue weighted by molar-refractivity contribution is 6.31. The number of anilines is 1. The summed E-state index contributed by atoms with van der Waals surface area (Å²) in [7, 11) is 2.20. The summed E-state index contributed by atoms with van der Waals surface area (Å²) in [5, 5.41) is 4.35. The minimum absolute atomic E-state index is 0.184. The van der Waals surface area contributed by atoms with Crippen molar-refractivity contribution in [1.82, 2.24) is 10.2 Å². The Morgan fingerprint density at radius 2 is 2.00 bits per heavy atom. The average molecular weight is 310 g/mol. The van der Waals surface area contributed by atoms with Crippen LogP contribution in [-0.2, 0) is 6.54 Å². The van der Waals surface area contributed by atoms with Crippen LogP contribution < -0.4 is 10.2 Å². The van der Waals surface area contributed by atoms with E-state index in [1.807, 2.05) is 6.07 Å². The summed E-state index contributed by atoms with van der Waals surface area (Å²) in [6.45, 7) is 12.9. The molecule has 0 unspecified atom stereocenters. The van der Waals surface area contributed by atoms with Gasteiger partial charge in [-0.3, -0.25) is 4.90 Å². The Morgan fingerprint density at radius 1 is 1.29 bits per heavy atom. The van der Waals surface area contributed by atoms with Crippen LogP contribution >= 0.6 is 11.6 Å². The Kier molecular flexibility index (Phi) is 5.18. The molecule has 1 N–H and O–H groups in total. The van der Waals surface area contributed by atoms with Crippen LogP contribution in [0.3, 0.4) is 0 Å². The summed E-state index contributed by atoms with van der Waals surface area (Å²) in [5.41, 5.74) is 2.67. The molecule has 0 spiro atoms. The molecule has 1 aliphatic rings. The third-order valence-electron chi connectivity index (χ3n) is 4.44. The number of piperazine rings is 1. The SMILES string of the molecule is CC(C)NCc1c(Cl)cccc1N1CCN(C)C(C)(C)C1. The lowest BCUT2D eigenvalue weighted by atomic mass is 9.98. The number of benzene rings is 1. The minimum Gasteiger partial charge on any atom is -0.368 e. The van der Waals surface area contributed by atoms with Gasteiger partial charge in [-0.05, 0) is 33.0 Å². The van der Waals surface area contributed by atoms with Gasteiger partial charge in [-0.25, -0.2) is 0 Å². The van der Waals surface area contributed by atoms with E-state index in [0.29, 0.717) is 6.04 Å². The fraction of sp³-hybridized carbons (Fsp3) is 0.647. The molecule has 0 radical (unpaired) electrons. The maximum Gasteiger partial charge on any atom is 0.0471 e. The van der Waals surface area contributed by atoms with E-state index in [1.165, 1.54) is 11.3 Å². The Bertz CT molecular complexity index is 485. The van der Waals surface area contributed by atoms with Gasteiger partial charge in [0.1, 0.15) is 0 Å². The van der Waals surface area contributed by atoms with Gasteiger partial charge in [0.25, 0.3) is 0 Å². The van der Waals surface area contributed by atoms with E-state index >= 15 is 0 Å². The predicted molar refractivity (Wildman–Crippen MR) is 92.3 cm³/mol. The number of likely N-dealkylation sites (N-methyl/N-ethyl adjacent to an activating group) is 1. The van der Waals surface area contributed by atoms with E-state index in [4.69, 9.17) is 11.6 Å². The van der Waals surface area contributed by atoms with Crippen LogP contribution in [0.4, 0.5) is 5.69 Å². The van der Waals surface area contributed by atoms with E-state index in [1.54, 1.807) is 0 Å². The van der Waals surface area contributed by atoms with E-state index in [9.17, 15) is 0 Å². The van der Waals surface area contributed by atoms with Crippen molar-refractivity contribution in [1.29, 1.82) is 0 Å². The molecule has 4 heteroatoms. The zero-order valence-corrected chi connectivity index (χ0v) is 14.7. The van der Waals surface area contributed by atoms with Crippen LogP contribution in [0.1, 0.15) is 33.3 Å². The lowest BCUT2D eigenvalue weighted by Gasteiger charge is -2.46. The summed E-state index contributed by atoms with van der Waals surface area (Å²) in [6, 6.07) is 6.70. The second-order valence-electron chi connectivity index (χ2n) is 6.93. The zero-order valence-electron chi connectivity index (χ0n) is 13.9. The normalized spacial score (nSPS) is 19.3. The quantitative estimate of drug-likeness (QED) is 0.920. The first-order valence-corrected chi connectivity index (χ1v) is 8.16. The summed E-state index contributed by atoms with van der Waals surface area (Å²) in [5.74, 6) is 0. The molecule has 3 nitrogen and oxygen atoms in total. The van der Waals surface area contributed by atoms with Crippen molar-refractivity contribution >= 4 is 17.3 Å². The molecule has 1 heterocycles. The van der Waals surface area contributed by atoms with Crippen molar-refractivity contribution in [3.63, 3.8) is 0 Å². The molecule has 0 aliphatic carbocycles. The monoisotopic (exact) mass is 309 g/mol. The predicted octanol–water partition coefficient (Wildman–Crippen LogP) is 3.37. The third-order valence-corrected chi connectivity index (χ3v) is 4.79. The molecular weight excluding hydrogens is 282 g/mol. The lowest BCUT2D eigenvalue weighted by Crippen LogP contribution is -2.57. The Labute approximate surface area is 134 Å². The van der Waals surface area contributed by atoms with E-state index < -0.39 is 0 Å². The van der Waals surface area contributed by atoms with Crippen LogP contribution in [0, 0.1) is 0 Å². The molecule has 1 fully saturated rings. The van der Waals surface area contributed by atoms with Crippen LogP contribution in [-0.4, -0.2) is 43.2 Å². The highest BCUT2D eigenvalue weighted by Gasteiger charge is 2.32. The van der Waals surface area contributed by atoms with E-state index in [0.717, 1.165) is 31.2 Å². The second-order valence-corrected chi connectivity index (χ2v) is 7.34. The van der Waals surface area contributed by atoms with Crippen LogP contribution in [0.15, 0.2) is 18.2 Å². The third kappa shape index (κ3) is 3.91. The number of hydrogen-bond acceptors (Lipinski definition) is 3. The fourth-order valence-electron chi connectivity index (χ4n) is 2.77. The molecular formula is C17H28ClN3. The summed E-state index contributed by atoms with van der Waals surface area (Å²) in [6.07, 6.45) is 0. The van der Waals surface area contributed by atoms with Crippen LogP contribution in [0.5, 0.6) is 0 Å². The molecule has 2 rings (SSSR count). The summed E-state index contributed by atoms with van der Waals surface area (Å²) in [4.78, 5) is 4.91. The van der Waals surface area contributed by atoms with Gasteiger partial charge in [-0.2, -0.15) is 0 Å². The maximum absolute atomic E-state index is 6.45. The van der Waals surface area contributed by atoms with Gasteiger partial charge in [0.15, 0.2) is 0 Å². The Balaban J connectivity index is 2.25. The first-order chi connectivity index (χ1) is 9.81. The molecule has 0 bridgehead atoms. The lowest BCUT2D eigenvalue weighted by molar-refractivity contribution is 0.139. The number of halogens is 1. The van der Waals surface area contributed by atoms with Gasteiger partial charge in [-0.15, -0.1) is 0 Å². The van der Waals surface area contributed by atoms with Crippen molar-refractivity contribution in [2.24, 2.45) is 0 Å². The molecule has 118 valence electrons. The Hall–Kier alpha value is -0.770. The molecule has 1 saturated heterocycles. The van der Waals surface area contributed by atoms with Gasteiger partial charge in [0, 0.05) is 54.0 Å². The topological polar surface area (TPSA) is 18.5 Å². The minimum atomic E-state index is 0.184. The van der Waals surface area contributed by atoms with Crippen molar-refractivity contribution in [2.45, 2.75) is 45.8 Å². The van der Waals surface area contributed by atoms with E-state index in [-0.39, 0.29) is 5.54 Å². The molecule has 1 aliphatic heterocycles. The average Bonchev–Trinajstić information content (AvgIpc) is 2.40. The number of hydrogen-bond donors (Lipinski definition) is 1. The first kappa shape index (κ1) is 16.6. The van der Waals surface area contributed by atoms with Gasteiger partial charge in [0.05, 0.1) is 0 Å². The smallest absolute Gasteiger partial charge is 0.0471 e. The summed E-state index contributed by atoms with van der Waals surface area (Å²) >= 11 is 6.45. The second kappa shape index (κ2) is 6.55. The highest BCUT2D eigenvalue weighted by Crippen LogP contribution is 2.31. The van der Waals surface area contributed by atoms with Crippen molar-refractivity contribution < 1.29 is 0 Å². The van der Waals surface area contributed by atoms with Gasteiger partial charge < -0.3 is 10.2 Å². The van der Waals surface area contributed by atoms with Crippen LogP contribution in [0.25, 0.3) is 0 Å². The van der Waals surface area contributed by atoms with Crippen LogP contribution in [0.2, 0.25) is 5.02 Å². The summed E-state index contributed by atoms with van der Waals surface area (Å²) < 4.78 is 0. The molecule has 0 atom stereocenters. The zero-order chi connectivity index (χ0) is 15.6. The molecule has 1 aromatic rings. The molecule has 21 heavy (non-hydrogen) atoms. The maximum atomic E-state index is 6.45. The number of nitrogens with zero attached hydrogens (tertiary/aromatic N) is 2. The highest BCUT2D eigenvalue weighted by atomic mass is 35.5. The van der Waals surface area contributed by atoms with Gasteiger partial charge >= 0.3 is 0 Å². The number of nitrogens with one attached hydrogen (secondary N) is 1. The van der Waals surface area contributed by atoms with E-state index in [2.05, 4.69) is 62.0 Å². The molecule has 0 amide bonds. The first-order valence-electron chi connectivity index (χ1n) is 7.78. The largest absolute Gasteiger partial charge is 0.368 e. The Morgan fingerprint density at radius 3 is 2.62 bits per heavy atom. The van der Waals surface area contributed by atoms with Gasteiger partial charge in [-0.1, -0.05) is 31.5 Å². The van der Waals surface area contributed by atoms with Gasteiger partial charge in [0.2, 0.25) is 0 Å². The standard InChI is InChI=1S/C17H28ClN3/c1-13(2)19-11-14-15(18)7-6-8-16(14)21-10-9-20(5)17(3,4)12-21/h6-8,13,19H,9-12H2,1-5H3.